The van der Waals surface area contributed by atoms with Crippen LogP contribution in [0.25, 0.3) is 16.6 Å². The zero-order valence-electron chi connectivity index (χ0n) is 14.7. The van der Waals surface area contributed by atoms with Crippen LogP contribution in [0.15, 0.2) is 53.7 Å². The molecule has 0 bridgehead atoms. The topological polar surface area (TPSA) is 72.2 Å². The molecule has 27 heavy (non-hydrogen) atoms. The van der Waals surface area contributed by atoms with Crippen LogP contribution < -0.4 is 5.32 Å². The Morgan fingerprint density at radius 2 is 1.89 bits per heavy atom. The van der Waals surface area contributed by atoms with E-state index in [1.54, 1.807) is 28.8 Å². The molecular formula is C19H16ClN5OS. The molecule has 1 unspecified atom stereocenters. The van der Waals surface area contributed by atoms with Crippen LogP contribution in [0.2, 0.25) is 5.02 Å². The van der Waals surface area contributed by atoms with Crippen molar-refractivity contribution in [3.63, 3.8) is 0 Å². The van der Waals surface area contributed by atoms with Gasteiger partial charge in [-0.15, -0.1) is 5.10 Å². The van der Waals surface area contributed by atoms with Crippen molar-refractivity contribution < 1.29 is 4.79 Å². The van der Waals surface area contributed by atoms with E-state index in [4.69, 9.17) is 11.6 Å². The average Bonchev–Trinajstić information content (AvgIpc) is 3.05. The standard InChI is InChI=1S/C19H16ClN5OS/c1-11(18(26)22-14-9-7-13(20)8-10-14)27-19-23-16-6-4-3-5-15(16)17-21-12(2)24-25(17)19/h3-11H,1-2H3,(H,22,26). The van der Waals surface area contributed by atoms with E-state index in [1.807, 2.05) is 38.1 Å². The van der Waals surface area contributed by atoms with E-state index < -0.39 is 0 Å². The lowest BCUT2D eigenvalue weighted by atomic mass is 10.2. The Balaban J connectivity index is 1.63. The minimum atomic E-state index is -0.373. The first-order valence-corrected chi connectivity index (χ1v) is 9.62. The highest BCUT2D eigenvalue weighted by Crippen LogP contribution is 2.27. The third kappa shape index (κ3) is 3.61. The number of benzene rings is 2. The van der Waals surface area contributed by atoms with Crippen LogP contribution in [0, 0.1) is 6.92 Å². The van der Waals surface area contributed by atoms with E-state index in [0.717, 1.165) is 16.6 Å². The monoisotopic (exact) mass is 397 g/mol. The molecule has 0 saturated heterocycles. The Labute approximate surface area is 165 Å². The van der Waals surface area contributed by atoms with Gasteiger partial charge in [0.05, 0.1) is 10.8 Å². The molecule has 4 aromatic rings. The minimum absolute atomic E-state index is 0.123. The summed E-state index contributed by atoms with van der Waals surface area (Å²) in [7, 11) is 0. The Hall–Kier alpha value is -2.64. The van der Waals surface area contributed by atoms with Gasteiger partial charge in [0.1, 0.15) is 5.82 Å². The number of para-hydroxylation sites is 1. The number of thioether (sulfide) groups is 1. The Bertz CT molecular complexity index is 1140. The second-order valence-corrected chi connectivity index (χ2v) is 7.81. The summed E-state index contributed by atoms with van der Waals surface area (Å²) in [6, 6.07) is 14.8. The SMILES string of the molecule is Cc1nc2c3ccccc3nc(SC(C)C(=O)Nc3ccc(Cl)cc3)n2n1. The van der Waals surface area contributed by atoms with Gasteiger partial charge in [-0.2, -0.15) is 4.52 Å². The molecule has 136 valence electrons. The van der Waals surface area contributed by atoms with Crippen LogP contribution in [-0.4, -0.2) is 30.7 Å². The fraction of sp³-hybridized carbons (Fsp3) is 0.158. The first-order chi connectivity index (χ1) is 13.0. The van der Waals surface area contributed by atoms with E-state index in [2.05, 4.69) is 20.4 Å². The molecule has 2 aromatic heterocycles. The predicted molar refractivity (Wildman–Crippen MR) is 108 cm³/mol. The maximum atomic E-state index is 12.6. The number of aromatic nitrogens is 4. The maximum absolute atomic E-state index is 12.6. The molecule has 1 atom stereocenters. The van der Waals surface area contributed by atoms with Crippen LogP contribution in [0.1, 0.15) is 12.7 Å². The summed E-state index contributed by atoms with van der Waals surface area (Å²) >= 11 is 7.23. The molecule has 0 aliphatic heterocycles. The zero-order valence-corrected chi connectivity index (χ0v) is 16.3. The molecule has 0 radical (unpaired) electrons. The van der Waals surface area contributed by atoms with Crippen molar-refractivity contribution >= 4 is 51.5 Å². The molecule has 2 aromatic carbocycles. The van der Waals surface area contributed by atoms with Crippen molar-refractivity contribution in [3.05, 3.63) is 59.4 Å². The van der Waals surface area contributed by atoms with Gasteiger partial charge < -0.3 is 5.32 Å². The fourth-order valence-electron chi connectivity index (χ4n) is 2.70. The van der Waals surface area contributed by atoms with Gasteiger partial charge in [-0.05, 0) is 50.2 Å². The van der Waals surface area contributed by atoms with Gasteiger partial charge in [-0.25, -0.2) is 9.97 Å². The van der Waals surface area contributed by atoms with Gasteiger partial charge in [0.25, 0.3) is 0 Å². The number of carbonyl (C=O) groups excluding carboxylic acids is 1. The van der Waals surface area contributed by atoms with Gasteiger partial charge in [-0.1, -0.05) is 35.5 Å². The van der Waals surface area contributed by atoms with E-state index >= 15 is 0 Å². The van der Waals surface area contributed by atoms with Gasteiger partial charge >= 0.3 is 0 Å². The number of rotatable bonds is 4. The van der Waals surface area contributed by atoms with E-state index in [-0.39, 0.29) is 11.2 Å². The van der Waals surface area contributed by atoms with Crippen molar-refractivity contribution in [2.45, 2.75) is 24.3 Å². The maximum Gasteiger partial charge on any atom is 0.237 e. The summed E-state index contributed by atoms with van der Waals surface area (Å²) in [5.74, 6) is 0.538. The molecule has 8 heteroatoms. The van der Waals surface area contributed by atoms with Crippen LogP contribution in [0.4, 0.5) is 5.69 Å². The highest BCUT2D eigenvalue weighted by Gasteiger charge is 2.19. The number of anilines is 1. The van der Waals surface area contributed by atoms with Crippen LogP contribution in [0.5, 0.6) is 0 Å². The van der Waals surface area contributed by atoms with Crippen LogP contribution >= 0.6 is 23.4 Å². The highest BCUT2D eigenvalue weighted by molar-refractivity contribution is 8.00. The number of nitrogens with one attached hydrogen (secondary N) is 1. The molecular weight excluding hydrogens is 382 g/mol. The van der Waals surface area contributed by atoms with Crippen molar-refractivity contribution in [1.82, 2.24) is 19.6 Å². The fourth-order valence-corrected chi connectivity index (χ4v) is 3.68. The number of fused-ring (bicyclic) bond motifs is 3. The lowest BCUT2D eigenvalue weighted by Crippen LogP contribution is -2.23. The third-order valence-corrected chi connectivity index (χ3v) is 5.31. The number of nitrogens with zero attached hydrogens (tertiary/aromatic N) is 4. The summed E-state index contributed by atoms with van der Waals surface area (Å²) in [5.41, 5.74) is 2.26. The van der Waals surface area contributed by atoms with Gasteiger partial charge in [0.2, 0.25) is 5.91 Å². The molecule has 0 spiro atoms. The molecule has 4 rings (SSSR count). The molecule has 1 N–H and O–H groups in total. The Morgan fingerprint density at radius 1 is 1.15 bits per heavy atom. The largest absolute Gasteiger partial charge is 0.325 e. The molecule has 0 saturated carbocycles. The summed E-state index contributed by atoms with van der Waals surface area (Å²) in [5, 5.41) is 9.14. The molecule has 2 heterocycles. The number of carbonyl (C=O) groups is 1. The van der Waals surface area contributed by atoms with Gasteiger partial charge in [0.15, 0.2) is 10.8 Å². The van der Waals surface area contributed by atoms with Crippen LogP contribution in [-0.2, 0) is 4.79 Å². The Kier molecular flexibility index (Phi) is 4.72. The van der Waals surface area contributed by atoms with E-state index in [9.17, 15) is 4.79 Å². The number of aryl methyl sites for hydroxylation is 1. The lowest BCUT2D eigenvalue weighted by molar-refractivity contribution is -0.115. The second kappa shape index (κ2) is 7.17. The average molecular weight is 398 g/mol. The number of halogens is 1. The molecule has 6 nitrogen and oxygen atoms in total. The minimum Gasteiger partial charge on any atom is -0.325 e. The van der Waals surface area contributed by atoms with E-state index in [1.165, 1.54) is 11.8 Å². The van der Waals surface area contributed by atoms with Crippen molar-refractivity contribution in [2.75, 3.05) is 5.32 Å². The van der Waals surface area contributed by atoms with Crippen molar-refractivity contribution in [1.29, 1.82) is 0 Å². The quantitative estimate of drug-likeness (QED) is 0.409. The first-order valence-electron chi connectivity index (χ1n) is 8.36. The summed E-state index contributed by atoms with van der Waals surface area (Å²) in [4.78, 5) is 21.8. The molecule has 0 aliphatic carbocycles. The lowest BCUT2D eigenvalue weighted by Gasteiger charge is -2.13. The normalized spacial score (nSPS) is 12.4. The summed E-state index contributed by atoms with van der Waals surface area (Å²) in [6.07, 6.45) is 0. The van der Waals surface area contributed by atoms with Crippen molar-refractivity contribution in [2.24, 2.45) is 0 Å². The smallest absolute Gasteiger partial charge is 0.237 e. The number of hydrogen-bond donors (Lipinski definition) is 1. The summed E-state index contributed by atoms with van der Waals surface area (Å²) < 4.78 is 1.70. The molecule has 0 fully saturated rings. The highest BCUT2D eigenvalue weighted by atomic mass is 35.5. The van der Waals surface area contributed by atoms with Gasteiger partial charge in [0, 0.05) is 16.1 Å². The zero-order chi connectivity index (χ0) is 19.0. The number of hydrogen-bond acceptors (Lipinski definition) is 5. The second-order valence-electron chi connectivity index (χ2n) is 6.06. The first kappa shape index (κ1) is 17.8. The predicted octanol–water partition coefficient (Wildman–Crippen LogP) is 4.36. The molecule has 0 aliphatic rings. The number of amides is 1. The van der Waals surface area contributed by atoms with E-state index in [0.29, 0.717) is 21.7 Å². The summed E-state index contributed by atoms with van der Waals surface area (Å²) in [6.45, 7) is 3.68. The van der Waals surface area contributed by atoms with Crippen molar-refractivity contribution in [3.8, 4) is 0 Å². The van der Waals surface area contributed by atoms with Crippen LogP contribution in [0.3, 0.4) is 0 Å². The van der Waals surface area contributed by atoms with Gasteiger partial charge in [-0.3, -0.25) is 4.79 Å². The Morgan fingerprint density at radius 3 is 2.67 bits per heavy atom. The molecule has 1 amide bonds. The third-order valence-electron chi connectivity index (χ3n) is 4.02.